The molecule has 4 heteroatoms. The number of carbonyl (C=O) groups excluding carboxylic acids is 1. The molecule has 1 aromatic carbocycles. The number of nitrogens with zero attached hydrogens (tertiary/aromatic N) is 2. The van der Waals surface area contributed by atoms with Crippen LogP contribution in [0, 0.1) is 0 Å². The number of para-hydroxylation sites is 1. The highest BCUT2D eigenvalue weighted by atomic mass is 28.3. The van der Waals surface area contributed by atoms with Gasteiger partial charge in [-0.05, 0) is 38.2 Å². The molecule has 0 fully saturated rings. The molecule has 0 atom stereocenters. The number of hydrogen-bond acceptors (Lipinski definition) is 3. The highest BCUT2D eigenvalue weighted by Gasteiger charge is 2.23. The molecule has 0 unspecified atom stereocenters. The zero-order valence-electron chi connectivity index (χ0n) is 10.8. The maximum absolute atomic E-state index is 10.2. The van der Waals surface area contributed by atoms with Crippen molar-refractivity contribution >= 4 is 26.4 Å². The van der Waals surface area contributed by atoms with Crippen molar-refractivity contribution in [3.63, 3.8) is 0 Å². The van der Waals surface area contributed by atoms with Gasteiger partial charge in [0, 0.05) is 18.3 Å². The second-order valence-corrected chi connectivity index (χ2v) is 9.63. The van der Waals surface area contributed by atoms with Crippen molar-refractivity contribution < 1.29 is 4.79 Å². The van der Waals surface area contributed by atoms with Gasteiger partial charge in [-0.25, -0.2) is 0 Å². The molecule has 17 heavy (non-hydrogen) atoms. The monoisotopic (exact) mass is 248 g/mol. The predicted molar refractivity (Wildman–Crippen MR) is 76.1 cm³/mol. The topological polar surface area (TPSA) is 32.7 Å². The lowest BCUT2D eigenvalue weighted by Gasteiger charge is -2.31. The van der Waals surface area contributed by atoms with Gasteiger partial charge < -0.3 is 4.79 Å². The largest absolute Gasteiger partial charge is 0.303 e. The molecule has 92 valence electrons. The number of benzene rings is 1. The molecule has 0 amide bonds. The Labute approximate surface area is 104 Å². The number of carbonyl (C=O) groups is 1. The minimum absolute atomic E-state index is 0.540. The zero-order chi connectivity index (χ0) is 12.7. The standard InChI is InChI=1S/C13H20N2OSi/c1-17(2,3)15(14-11-7-8-12-16)13-9-5-4-6-10-13/h4-6,9-12H,7-8H2,1-3H3/b14-11+. The fourth-order valence-corrected chi connectivity index (χ4v) is 2.83. The van der Waals surface area contributed by atoms with Crippen LogP contribution in [0.15, 0.2) is 35.4 Å². The molecule has 1 rings (SSSR count). The Morgan fingerprint density at radius 3 is 2.35 bits per heavy atom. The van der Waals surface area contributed by atoms with Crippen LogP contribution in [0.25, 0.3) is 0 Å². The second kappa shape index (κ2) is 6.35. The van der Waals surface area contributed by atoms with Crippen LogP contribution < -0.4 is 4.67 Å². The molecule has 0 saturated heterocycles. The van der Waals surface area contributed by atoms with E-state index in [4.69, 9.17) is 0 Å². The fourth-order valence-electron chi connectivity index (χ4n) is 1.48. The first-order chi connectivity index (χ1) is 8.05. The van der Waals surface area contributed by atoms with E-state index in [0.29, 0.717) is 12.8 Å². The van der Waals surface area contributed by atoms with Crippen molar-refractivity contribution in [1.29, 1.82) is 0 Å². The summed E-state index contributed by atoms with van der Waals surface area (Å²) < 4.78 is 2.11. The Morgan fingerprint density at radius 1 is 1.18 bits per heavy atom. The summed E-state index contributed by atoms with van der Waals surface area (Å²) in [5.41, 5.74) is 1.12. The molecule has 3 nitrogen and oxygen atoms in total. The molecule has 0 bridgehead atoms. The van der Waals surface area contributed by atoms with Crippen molar-refractivity contribution in [2.24, 2.45) is 5.10 Å². The van der Waals surface area contributed by atoms with Crippen LogP contribution in [0.5, 0.6) is 0 Å². The van der Waals surface area contributed by atoms with Gasteiger partial charge >= 0.3 is 0 Å². The number of unbranched alkanes of at least 4 members (excludes halogenated alkanes) is 1. The van der Waals surface area contributed by atoms with Crippen LogP contribution in [0.1, 0.15) is 12.8 Å². The highest BCUT2D eigenvalue weighted by molar-refractivity contribution is 6.79. The average molecular weight is 248 g/mol. The van der Waals surface area contributed by atoms with E-state index in [1.165, 1.54) is 0 Å². The minimum Gasteiger partial charge on any atom is -0.303 e. The highest BCUT2D eigenvalue weighted by Crippen LogP contribution is 2.21. The number of rotatable bonds is 6. The van der Waals surface area contributed by atoms with Crippen molar-refractivity contribution in [2.75, 3.05) is 4.67 Å². The Balaban J connectivity index is 2.83. The molecule has 0 spiro atoms. The van der Waals surface area contributed by atoms with E-state index >= 15 is 0 Å². The third-order valence-corrected chi connectivity index (χ3v) is 3.89. The van der Waals surface area contributed by atoms with E-state index in [2.05, 4.69) is 41.5 Å². The molecule has 0 aromatic heterocycles. The smallest absolute Gasteiger partial charge is 0.176 e. The minimum atomic E-state index is -1.54. The lowest BCUT2D eigenvalue weighted by atomic mass is 10.3. The van der Waals surface area contributed by atoms with Crippen molar-refractivity contribution in [1.82, 2.24) is 0 Å². The van der Waals surface area contributed by atoms with Gasteiger partial charge in [-0.1, -0.05) is 18.2 Å². The Bertz CT molecular complexity index is 371. The molecule has 0 radical (unpaired) electrons. The average Bonchev–Trinajstić information content (AvgIpc) is 2.28. The normalized spacial score (nSPS) is 11.7. The third kappa shape index (κ3) is 4.52. The predicted octanol–water partition coefficient (Wildman–Crippen LogP) is 3.29. The summed E-state index contributed by atoms with van der Waals surface area (Å²) in [6.07, 6.45) is 4.00. The SMILES string of the molecule is C[Si](C)(C)N(/N=C/CCC=O)c1ccccc1. The lowest BCUT2D eigenvalue weighted by molar-refractivity contribution is -0.107. The number of aldehydes is 1. The molecule has 0 aliphatic heterocycles. The van der Waals surface area contributed by atoms with Crippen LogP contribution in [0.2, 0.25) is 19.6 Å². The first-order valence-electron chi connectivity index (χ1n) is 5.87. The van der Waals surface area contributed by atoms with Crippen LogP contribution in [0.3, 0.4) is 0 Å². The van der Waals surface area contributed by atoms with Gasteiger partial charge in [0.2, 0.25) is 0 Å². The molecule has 1 aromatic rings. The number of hydrazone groups is 1. The van der Waals surface area contributed by atoms with E-state index < -0.39 is 8.24 Å². The summed E-state index contributed by atoms with van der Waals surface area (Å²) in [6.45, 7) is 6.74. The summed E-state index contributed by atoms with van der Waals surface area (Å²) in [7, 11) is -1.54. The van der Waals surface area contributed by atoms with Gasteiger partial charge in [0.15, 0.2) is 8.24 Å². The number of hydrogen-bond donors (Lipinski definition) is 0. The Kier molecular flexibility index (Phi) is 5.09. The number of anilines is 1. The van der Waals surface area contributed by atoms with Gasteiger partial charge in [-0.15, -0.1) is 0 Å². The van der Waals surface area contributed by atoms with Gasteiger partial charge in [-0.3, -0.25) is 4.67 Å². The van der Waals surface area contributed by atoms with Crippen LogP contribution in [0.4, 0.5) is 5.69 Å². The molecular formula is C13H20N2OSi. The van der Waals surface area contributed by atoms with E-state index in [-0.39, 0.29) is 0 Å². The van der Waals surface area contributed by atoms with E-state index in [9.17, 15) is 4.79 Å². The first-order valence-corrected chi connectivity index (χ1v) is 9.32. The molecule has 0 saturated carbocycles. The summed E-state index contributed by atoms with van der Waals surface area (Å²) >= 11 is 0. The summed E-state index contributed by atoms with van der Waals surface area (Å²) in [5, 5.41) is 4.51. The van der Waals surface area contributed by atoms with Gasteiger partial charge in [-0.2, -0.15) is 5.10 Å². The first kappa shape index (κ1) is 13.6. The summed E-state index contributed by atoms with van der Waals surface area (Å²) in [5.74, 6) is 0. The molecule has 0 aliphatic rings. The zero-order valence-corrected chi connectivity index (χ0v) is 11.8. The Hall–Kier alpha value is -1.42. The fraction of sp³-hybridized carbons (Fsp3) is 0.385. The van der Waals surface area contributed by atoms with Crippen LogP contribution in [-0.2, 0) is 4.79 Å². The quantitative estimate of drug-likeness (QED) is 0.254. The van der Waals surface area contributed by atoms with E-state index in [1.54, 1.807) is 0 Å². The van der Waals surface area contributed by atoms with Gasteiger partial charge in [0.05, 0.1) is 0 Å². The van der Waals surface area contributed by atoms with E-state index in [1.807, 2.05) is 24.4 Å². The molecule has 0 N–H and O–H groups in total. The molecule has 0 aliphatic carbocycles. The maximum atomic E-state index is 10.2. The van der Waals surface area contributed by atoms with Crippen molar-refractivity contribution in [3.05, 3.63) is 30.3 Å². The summed E-state index contributed by atoms with van der Waals surface area (Å²) in [6, 6.07) is 10.2. The summed E-state index contributed by atoms with van der Waals surface area (Å²) in [4.78, 5) is 10.2. The van der Waals surface area contributed by atoms with Crippen molar-refractivity contribution in [2.45, 2.75) is 32.5 Å². The third-order valence-electron chi connectivity index (χ3n) is 2.25. The molecular weight excluding hydrogens is 228 g/mol. The second-order valence-electron chi connectivity index (χ2n) is 4.86. The van der Waals surface area contributed by atoms with Gasteiger partial charge in [0.1, 0.15) is 6.29 Å². The lowest BCUT2D eigenvalue weighted by Crippen LogP contribution is -2.42. The van der Waals surface area contributed by atoms with Crippen LogP contribution in [-0.4, -0.2) is 20.7 Å². The van der Waals surface area contributed by atoms with Crippen LogP contribution >= 0.6 is 0 Å². The van der Waals surface area contributed by atoms with Gasteiger partial charge in [0.25, 0.3) is 0 Å². The Morgan fingerprint density at radius 2 is 1.82 bits per heavy atom. The van der Waals surface area contributed by atoms with E-state index in [0.717, 1.165) is 12.0 Å². The molecule has 0 heterocycles. The maximum Gasteiger partial charge on any atom is 0.176 e. The van der Waals surface area contributed by atoms with Crippen molar-refractivity contribution in [3.8, 4) is 0 Å².